The predicted octanol–water partition coefficient (Wildman–Crippen LogP) is 3.15. The molecular weight excluding hydrogens is 342 g/mol. The highest BCUT2D eigenvalue weighted by atomic mass is 16.2. The van der Waals surface area contributed by atoms with Crippen LogP contribution < -0.4 is 15.5 Å². The predicted molar refractivity (Wildman–Crippen MR) is 105 cm³/mol. The standard InChI is InChI=1S/C21H27N3O3/c25-19-11-4-5-14-24(19)18-10-6-9-17(15-18)23-21(27)20(26)22-13-12-16-7-2-1-3-8-16/h6-7,9-10,15H,1-5,8,11-14H2,(H,22,26)(H,23,27). The topological polar surface area (TPSA) is 78.5 Å². The molecule has 1 aliphatic heterocycles. The largest absolute Gasteiger partial charge is 0.348 e. The average molecular weight is 369 g/mol. The van der Waals surface area contributed by atoms with Crippen LogP contribution in [0.15, 0.2) is 35.9 Å². The van der Waals surface area contributed by atoms with E-state index in [1.54, 1.807) is 23.1 Å². The van der Waals surface area contributed by atoms with Crippen LogP contribution in [0.25, 0.3) is 0 Å². The van der Waals surface area contributed by atoms with E-state index in [9.17, 15) is 14.4 Å². The highest BCUT2D eigenvalue weighted by Gasteiger charge is 2.20. The molecule has 6 nitrogen and oxygen atoms in total. The van der Waals surface area contributed by atoms with Crippen molar-refractivity contribution in [2.24, 2.45) is 0 Å². The van der Waals surface area contributed by atoms with E-state index in [1.165, 1.54) is 18.4 Å². The van der Waals surface area contributed by atoms with Gasteiger partial charge in [-0.15, -0.1) is 0 Å². The Morgan fingerprint density at radius 2 is 1.89 bits per heavy atom. The first kappa shape index (κ1) is 19.1. The molecule has 1 aromatic carbocycles. The van der Waals surface area contributed by atoms with Crippen molar-refractivity contribution in [2.75, 3.05) is 23.3 Å². The molecule has 0 radical (unpaired) electrons. The number of rotatable bonds is 5. The molecule has 1 fully saturated rings. The maximum atomic E-state index is 12.1. The maximum absolute atomic E-state index is 12.1. The fraction of sp³-hybridized carbons (Fsp3) is 0.476. The van der Waals surface area contributed by atoms with Crippen LogP contribution in [-0.4, -0.2) is 30.8 Å². The number of anilines is 2. The summed E-state index contributed by atoms with van der Waals surface area (Å²) in [5.74, 6) is -1.22. The first-order valence-electron chi connectivity index (χ1n) is 9.81. The second-order valence-electron chi connectivity index (χ2n) is 7.12. The van der Waals surface area contributed by atoms with Crippen molar-refractivity contribution in [1.82, 2.24) is 5.32 Å². The van der Waals surface area contributed by atoms with E-state index in [-0.39, 0.29) is 5.91 Å². The van der Waals surface area contributed by atoms with Crippen LogP contribution in [0.4, 0.5) is 11.4 Å². The Balaban J connectivity index is 1.51. The lowest BCUT2D eigenvalue weighted by Gasteiger charge is -2.27. The summed E-state index contributed by atoms with van der Waals surface area (Å²) >= 11 is 0. The van der Waals surface area contributed by atoms with Gasteiger partial charge in [-0.05, 0) is 63.1 Å². The zero-order valence-electron chi connectivity index (χ0n) is 15.6. The van der Waals surface area contributed by atoms with Crippen LogP contribution in [0.3, 0.4) is 0 Å². The molecule has 144 valence electrons. The lowest BCUT2D eigenvalue weighted by atomic mass is 9.97. The highest BCUT2D eigenvalue weighted by molar-refractivity contribution is 6.39. The van der Waals surface area contributed by atoms with Crippen LogP contribution in [0, 0.1) is 0 Å². The van der Waals surface area contributed by atoms with Crippen LogP contribution in [0.5, 0.6) is 0 Å². The Labute approximate surface area is 160 Å². The number of benzene rings is 1. The van der Waals surface area contributed by atoms with E-state index in [1.807, 2.05) is 6.07 Å². The first-order valence-corrected chi connectivity index (χ1v) is 9.81. The molecule has 0 bridgehead atoms. The van der Waals surface area contributed by atoms with Crippen molar-refractivity contribution in [1.29, 1.82) is 0 Å². The van der Waals surface area contributed by atoms with Crippen molar-refractivity contribution < 1.29 is 14.4 Å². The lowest BCUT2D eigenvalue weighted by molar-refractivity contribution is -0.136. The maximum Gasteiger partial charge on any atom is 0.313 e. The minimum atomic E-state index is -0.685. The number of piperidine rings is 1. The first-order chi connectivity index (χ1) is 13.1. The van der Waals surface area contributed by atoms with Gasteiger partial charge < -0.3 is 15.5 Å². The summed E-state index contributed by atoms with van der Waals surface area (Å²) < 4.78 is 0. The van der Waals surface area contributed by atoms with Crippen LogP contribution >= 0.6 is 0 Å². The minimum Gasteiger partial charge on any atom is -0.348 e. The molecule has 0 spiro atoms. The number of carbonyl (C=O) groups excluding carboxylic acids is 3. The zero-order chi connectivity index (χ0) is 19.1. The summed E-state index contributed by atoms with van der Waals surface area (Å²) in [6.07, 6.45) is 10.1. The van der Waals surface area contributed by atoms with Crippen LogP contribution in [0.1, 0.15) is 51.4 Å². The fourth-order valence-corrected chi connectivity index (χ4v) is 3.57. The quantitative estimate of drug-likeness (QED) is 0.618. The van der Waals surface area contributed by atoms with Gasteiger partial charge >= 0.3 is 11.8 Å². The second-order valence-corrected chi connectivity index (χ2v) is 7.12. The smallest absolute Gasteiger partial charge is 0.313 e. The molecule has 27 heavy (non-hydrogen) atoms. The van der Waals surface area contributed by atoms with Crippen molar-refractivity contribution in [2.45, 2.75) is 51.4 Å². The molecule has 0 unspecified atom stereocenters. The van der Waals surface area contributed by atoms with Crippen molar-refractivity contribution in [3.63, 3.8) is 0 Å². The van der Waals surface area contributed by atoms with Gasteiger partial charge in [0.05, 0.1) is 0 Å². The molecule has 3 amide bonds. The molecule has 2 aliphatic rings. The second kappa shape index (κ2) is 9.35. The number of nitrogens with one attached hydrogen (secondary N) is 2. The molecule has 1 aromatic rings. The molecule has 1 saturated heterocycles. The third-order valence-electron chi connectivity index (χ3n) is 5.06. The number of carbonyl (C=O) groups is 3. The molecule has 0 aromatic heterocycles. The molecular formula is C21H27N3O3. The molecule has 1 heterocycles. The number of hydrogen-bond acceptors (Lipinski definition) is 3. The summed E-state index contributed by atoms with van der Waals surface area (Å²) in [6, 6.07) is 7.08. The van der Waals surface area contributed by atoms with Gasteiger partial charge in [-0.3, -0.25) is 14.4 Å². The van der Waals surface area contributed by atoms with Gasteiger partial charge in [0.2, 0.25) is 5.91 Å². The summed E-state index contributed by atoms with van der Waals surface area (Å²) in [5, 5.41) is 5.30. The SMILES string of the molecule is O=C(NCCC1=CCCCC1)C(=O)Nc1cccc(N2CCCCC2=O)c1. The van der Waals surface area contributed by atoms with E-state index >= 15 is 0 Å². The molecule has 2 N–H and O–H groups in total. The summed E-state index contributed by atoms with van der Waals surface area (Å²) in [4.78, 5) is 37.9. The Bertz CT molecular complexity index is 742. The molecule has 6 heteroatoms. The van der Waals surface area contributed by atoms with E-state index in [0.717, 1.165) is 37.8 Å². The number of hydrogen-bond donors (Lipinski definition) is 2. The summed E-state index contributed by atoms with van der Waals surface area (Å²) in [6.45, 7) is 1.16. The van der Waals surface area contributed by atoms with Gasteiger partial charge in [0, 0.05) is 30.9 Å². The Morgan fingerprint density at radius 1 is 1.04 bits per heavy atom. The van der Waals surface area contributed by atoms with E-state index < -0.39 is 11.8 Å². The number of allylic oxidation sites excluding steroid dienone is 1. The van der Waals surface area contributed by atoms with E-state index in [2.05, 4.69) is 16.7 Å². The van der Waals surface area contributed by atoms with Gasteiger partial charge in [0.15, 0.2) is 0 Å². The zero-order valence-corrected chi connectivity index (χ0v) is 15.6. The monoisotopic (exact) mass is 369 g/mol. The Morgan fingerprint density at radius 3 is 2.67 bits per heavy atom. The third-order valence-corrected chi connectivity index (χ3v) is 5.06. The van der Waals surface area contributed by atoms with Gasteiger partial charge in [0.1, 0.15) is 0 Å². The number of amides is 3. The van der Waals surface area contributed by atoms with Gasteiger partial charge in [-0.25, -0.2) is 0 Å². The van der Waals surface area contributed by atoms with E-state index in [4.69, 9.17) is 0 Å². The van der Waals surface area contributed by atoms with Crippen LogP contribution in [0.2, 0.25) is 0 Å². The minimum absolute atomic E-state index is 0.0967. The normalized spacial score (nSPS) is 17.3. The molecule has 3 rings (SSSR count). The molecule has 0 saturated carbocycles. The van der Waals surface area contributed by atoms with Gasteiger partial charge in [0.25, 0.3) is 0 Å². The van der Waals surface area contributed by atoms with Crippen molar-refractivity contribution >= 4 is 29.1 Å². The Hall–Kier alpha value is -2.63. The number of nitrogens with zero attached hydrogens (tertiary/aromatic N) is 1. The average Bonchev–Trinajstić information content (AvgIpc) is 2.69. The Kier molecular flexibility index (Phi) is 6.63. The van der Waals surface area contributed by atoms with Gasteiger partial charge in [-0.1, -0.05) is 17.7 Å². The lowest BCUT2D eigenvalue weighted by Crippen LogP contribution is -2.36. The summed E-state index contributed by atoms with van der Waals surface area (Å²) in [5.41, 5.74) is 2.63. The van der Waals surface area contributed by atoms with Crippen molar-refractivity contribution in [3.05, 3.63) is 35.9 Å². The fourth-order valence-electron chi connectivity index (χ4n) is 3.57. The summed E-state index contributed by atoms with van der Waals surface area (Å²) in [7, 11) is 0. The van der Waals surface area contributed by atoms with Gasteiger partial charge in [-0.2, -0.15) is 0 Å². The molecule has 0 atom stereocenters. The highest BCUT2D eigenvalue weighted by Crippen LogP contribution is 2.24. The van der Waals surface area contributed by atoms with Crippen molar-refractivity contribution in [3.8, 4) is 0 Å². The van der Waals surface area contributed by atoms with Crippen LogP contribution in [-0.2, 0) is 14.4 Å². The third kappa shape index (κ3) is 5.42. The molecule has 1 aliphatic carbocycles. The van der Waals surface area contributed by atoms with E-state index in [0.29, 0.717) is 25.2 Å².